The molecule has 0 aliphatic heterocycles. The molecule has 0 aliphatic rings. The molecular formula is C10H8O3. The Morgan fingerprint density at radius 3 is 3.00 bits per heavy atom. The number of aldehydes is 1. The molecule has 1 aromatic carbocycles. The minimum Gasteiger partial charge on any atom is -0.496 e. The average Bonchev–Trinajstić information content (AvgIpc) is 2.60. The van der Waals surface area contributed by atoms with Gasteiger partial charge in [0.2, 0.25) is 0 Å². The van der Waals surface area contributed by atoms with Gasteiger partial charge in [-0.15, -0.1) is 0 Å². The van der Waals surface area contributed by atoms with Crippen LogP contribution in [0.25, 0.3) is 11.0 Å². The summed E-state index contributed by atoms with van der Waals surface area (Å²) in [4.78, 5) is 10.6. The topological polar surface area (TPSA) is 39.4 Å². The van der Waals surface area contributed by atoms with Gasteiger partial charge in [-0.05, 0) is 12.1 Å². The Labute approximate surface area is 74.9 Å². The number of ether oxygens (including phenoxy) is 1. The molecule has 0 bridgehead atoms. The molecule has 0 amide bonds. The van der Waals surface area contributed by atoms with Gasteiger partial charge in [0.15, 0.2) is 6.29 Å². The first kappa shape index (κ1) is 7.86. The molecule has 2 aromatic rings. The number of furan rings is 1. The summed E-state index contributed by atoms with van der Waals surface area (Å²) < 4.78 is 10.3. The highest BCUT2D eigenvalue weighted by molar-refractivity contribution is 5.99. The number of fused-ring (bicyclic) bond motifs is 1. The Kier molecular flexibility index (Phi) is 1.77. The van der Waals surface area contributed by atoms with E-state index in [-0.39, 0.29) is 0 Å². The van der Waals surface area contributed by atoms with E-state index >= 15 is 0 Å². The number of methoxy groups -OCH3 is 1. The molecule has 66 valence electrons. The Morgan fingerprint density at radius 2 is 2.31 bits per heavy atom. The highest BCUT2D eigenvalue weighted by atomic mass is 16.5. The second kappa shape index (κ2) is 2.94. The zero-order chi connectivity index (χ0) is 9.26. The van der Waals surface area contributed by atoms with E-state index in [1.165, 1.54) is 6.26 Å². The maximum Gasteiger partial charge on any atom is 0.154 e. The van der Waals surface area contributed by atoms with E-state index in [0.717, 1.165) is 11.7 Å². The van der Waals surface area contributed by atoms with E-state index in [9.17, 15) is 4.79 Å². The fraction of sp³-hybridized carbons (Fsp3) is 0.100. The lowest BCUT2D eigenvalue weighted by Crippen LogP contribution is -1.84. The molecule has 0 fully saturated rings. The second-order valence-corrected chi connectivity index (χ2v) is 2.64. The average molecular weight is 176 g/mol. The molecule has 0 N–H and O–H groups in total. The molecule has 0 radical (unpaired) electrons. The van der Waals surface area contributed by atoms with Gasteiger partial charge < -0.3 is 9.15 Å². The van der Waals surface area contributed by atoms with Crippen LogP contribution in [0.3, 0.4) is 0 Å². The van der Waals surface area contributed by atoms with Gasteiger partial charge in [0.25, 0.3) is 0 Å². The molecule has 0 saturated carbocycles. The van der Waals surface area contributed by atoms with Crippen LogP contribution in [0.4, 0.5) is 0 Å². The molecule has 0 aliphatic carbocycles. The third kappa shape index (κ3) is 1.09. The summed E-state index contributed by atoms with van der Waals surface area (Å²) in [6.45, 7) is 0. The Hall–Kier alpha value is -1.77. The van der Waals surface area contributed by atoms with Crippen molar-refractivity contribution in [2.24, 2.45) is 0 Å². The zero-order valence-electron chi connectivity index (χ0n) is 7.11. The molecule has 1 aromatic heterocycles. The Morgan fingerprint density at radius 1 is 1.46 bits per heavy atom. The molecule has 0 saturated heterocycles. The largest absolute Gasteiger partial charge is 0.496 e. The van der Waals surface area contributed by atoms with E-state index in [2.05, 4.69) is 0 Å². The number of hydrogen-bond donors (Lipinski definition) is 0. The summed E-state index contributed by atoms with van der Waals surface area (Å²) >= 11 is 0. The fourth-order valence-corrected chi connectivity index (χ4v) is 1.34. The van der Waals surface area contributed by atoms with Gasteiger partial charge in [-0.25, -0.2) is 0 Å². The molecule has 0 unspecified atom stereocenters. The molecule has 1 heterocycles. The Bertz CT molecular complexity index is 442. The summed E-state index contributed by atoms with van der Waals surface area (Å²) in [5.41, 5.74) is 1.19. The van der Waals surface area contributed by atoms with Gasteiger partial charge in [0.05, 0.1) is 18.1 Å². The smallest absolute Gasteiger partial charge is 0.154 e. The minimum absolute atomic E-state index is 0.521. The van der Waals surface area contributed by atoms with Crippen molar-refractivity contribution in [3.8, 4) is 5.75 Å². The van der Waals surface area contributed by atoms with Crippen LogP contribution in [0, 0.1) is 0 Å². The minimum atomic E-state index is 0.521. The third-order valence-electron chi connectivity index (χ3n) is 1.94. The van der Waals surface area contributed by atoms with Crippen molar-refractivity contribution in [2.75, 3.05) is 7.11 Å². The SMILES string of the molecule is COc1cccc2occ(C=O)c12. The standard InChI is InChI=1S/C10H8O3/c1-12-8-3-2-4-9-10(8)7(5-11)6-13-9/h2-6H,1H3. The summed E-state index contributed by atoms with van der Waals surface area (Å²) in [5, 5.41) is 0.736. The first-order valence-electron chi connectivity index (χ1n) is 3.86. The third-order valence-corrected chi connectivity index (χ3v) is 1.94. The summed E-state index contributed by atoms with van der Waals surface area (Å²) in [6.07, 6.45) is 2.19. The van der Waals surface area contributed by atoms with E-state index in [0.29, 0.717) is 16.9 Å². The lowest BCUT2D eigenvalue weighted by Gasteiger charge is -1.99. The molecule has 13 heavy (non-hydrogen) atoms. The lowest BCUT2D eigenvalue weighted by atomic mass is 10.2. The van der Waals surface area contributed by atoms with Crippen LogP contribution in [0.5, 0.6) is 5.75 Å². The summed E-state index contributed by atoms with van der Waals surface area (Å²) in [6, 6.07) is 5.41. The van der Waals surface area contributed by atoms with Gasteiger partial charge in [0.1, 0.15) is 17.6 Å². The monoisotopic (exact) mass is 176 g/mol. The van der Waals surface area contributed by atoms with Crippen molar-refractivity contribution in [1.82, 2.24) is 0 Å². The van der Waals surface area contributed by atoms with Gasteiger partial charge >= 0.3 is 0 Å². The van der Waals surface area contributed by atoms with Crippen LogP contribution in [0.2, 0.25) is 0 Å². The summed E-state index contributed by atoms with van der Waals surface area (Å²) in [5.74, 6) is 0.661. The van der Waals surface area contributed by atoms with E-state index < -0.39 is 0 Å². The number of carbonyl (C=O) groups excluding carboxylic acids is 1. The molecule has 3 heteroatoms. The van der Waals surface area contributed by atoms with Gasteiger partial charge in [-0.2, -0.15) is 0 Å². The quantitative estimate of drug-likeness (QED) is 0.659. The van der Waals surface area contributed by atoms with Crippen LogP contribution in [-0.2, 0) is 0 Å². The maximum absolute atomic E-state index is 10.6. The molecule has 0 atom stereocenters. The maximum atomic E-state index is 10.6. The van der Waals surface area contributed by atoms with Crippen molar-refractivity contribution in [1.29, 1.82) is 0 Å². The number of carbonyl (C=O) groups is 1. The number of rotatable bonds is 2. The second-order valence-electron chi connectivity index (χ2n) is 2.64. The van der Waals surface area contributed by atoms with Gasteiger partial charge in [0, 0.05) is 0 Å². The van der Waals surface area contributed by atoms with Crippen molar-refractivity contribution in [3.05, 3.63) is 30.0 Å². The molecule has 3 nitrogen and oxygen atoms in total. The first-order chi connectivity index (χ1) is 6.36. The normalized spacial score (nSPS) is 10.2. The van der Waals surface area contributed by atoms with Crippen molar-refractivity contribution in [2.45, 2.75) is 0 Å². The van der Waals surface area contributed by atoms with Crippen LogP contribution < -0.4 is 4.74 Å². The predicted molar refractivity (Wildman–Crippen MR) is 48.2 cm³/mol. The predicted octanol–water partition coefficient (Wildman–Crippen LogP) is 2.25. The zero-order valence-corrected chi connectivity index (χ0v) is 7.11. The number of benzene rings is 1. The van der Waals surface area contributed by atoms with E-state index in [1.54, 1.807) is 19.2 Å². The van der Waals surface area contributed by atoms with Crippen molar-refractivity contribution in [3.63, 3.8) is 0 Å². The van der Waals surface area contributed by atoms with Gasteiger partial charge in [-0.3, -0.25) is 4.79 Å². The number of hydrogen-bond acceptors (Lipinski definition) is 3. The highest BCUT2D eigenvalue weighted by Gasteiger charge is 2.09. The van der Waals surface area contributed by atoms with Crippen molar-refractivity contribution < 1.29 is 13.9 Å². The highest BCUT2D eigenvalue weighted by Crippen LogP contribution is 2.29. The van der Waals surface area contributed by atoms with Crippen LogP contribution in [0.15, 0.2) is 28.9 Å². The van der Waals surface area contributed by atoms with Crippen molar-refractivity contribution >= 4 is 17.3 Å². The molecule has 2 rings (SSSR count). The van der Waals surface area contributed by atoms with Crippen LogP contribution in [-0.4, -0.2) is 13.4 Å². The van der Waals surface area contributed by atoms with Crippen LogP contribution in [0.1, 0.15) is 10.4 Å². The van der Waals surface area contributed by atoms with E-state index in [4.69, 9.17) is 9.15 Å². The fourth-order valence-electron chi connectivity index (χ4n) is 1.34. The first-order valence-corrected chi connectivity index (χ1v) is 3.86. The molecular weight excluding hydrogens is 168 g/mol. The van der Waals surface area contributed by atoms with Gasteiger partial charge in [-0.1, -0.05) is 6.07 Å². The van der Waals surface area contributed by atoms with E-state index in [1.807, 2.05) is 6.07 Å². The lowest BCUT2D eigenvalue weighted by molar-refractivity contribution is 0.112. The Balaban J connectivity index is 2.83. The van der Waals surface area contributed by atoms with Crippen LogP contribution >= 0.6 is 0 Å². The summed E-state index contributed by atoms with van der Waals surface area (Å²) in [7, 11) is 1.57. The molecule has 0 spiro atoms.